The van der Waals surface area contributed by atoms with Gasteiger partial charge in [-0.3, -0.25) is 19.0 Å². The predicted molar refractivity (Wildman–Crippen MR) is 119 cm³/mol. The Labute approximate surface area is 188 Å². The van der Waals surface area contributed by atoms with Gasteiger partial charge in [-0.05, 0) is 30.2 Å². The van der Waals surface area contributed by atoms with Gasteiger partial charge in [0.25, 0.3) is 11.5 Å². The number of carbonyl (C=O) groups excluding carboxylic acids is 2. The molecule has 0 unspecified atom stereocenters. The van der Waals surface area contributed by atoms with Crippen LogP contribution in [-0.4, -0.2) is 22.8 Å². The lowest BCUT2D eigenvalue weighted by Gasteiger charge is -2.19. The Kier molecular flexibility index (Phi) is 7.32. The summed E-state index contributed by atoms with van der Waals surface area (Å²) in [5, 5.41) is 3.95. The van der Waals surface area contributed by atoms with Gasteiger partial charge in [0.2, 0.25) is 0 Å². The van der Waals surface area contributed by atoms with Gasteiger partial charge in [0.1, 0.15) is 0 Å². The molecule has 1 heterocycles. The van der Waals surface area contributed by atoms with E-state index in [9.17, 15) is 14.4 Å². The van der Waals surface area contributed by atoms with E-state index in [4.69, 9.17) is 34.8 Å². The van der Waals surface area contributed by atoms with Crippen molar-refractivity contribution in [3.05, 3.63) is 103 Å². The lowest BCUT2D eigenvalue weighted by atomic mass is 10.0. The van der Waals surface area contributed by atoms with Crippen molar-refractivity contribution >= 4 is 46.5 Å². The normalized spacial score (nSPS) is 11.7. The second-order valence-corrected chi connectivity index (χ2v) is 7.78. The summed E-state index contributed by atoms with van der Waals surface area (Å²) in [6, 6.07) is 14.6. The predicted octanol–water partition coefficient (Wildman–Crippen LogP) is 4.59. The Morgan fingerprint density at radius 3 is 2.33 bits per heavy atom. The zero-order valence-corrected chi connectivity index (χ0v) is 17.9. The molecule has 154 valence electrons. The van der Waals surface area contributed by atoms with E-state index in [0.717, 1.165) is 10.1 Å². The van der Waals surface area contributed by atoms with Crippen LogP contribution in [0.5, 0.6) is 0 Å². The molecular weight excluding hydrogens is 447 g/mol. The van der Waals surface area contributed by atoms with E-state index in [0.29, 0.717) is 22.0 Å². The number of carbonyl (C=O) groups is 2. The van der Waals surface area contributed by atoms with E-state index in [1.54, 1.807) is 48.5 Å². The number of amides is 1. The van der Waals surface area contributed by atoms with E-state index >= 15 is 0 Å². The first-order valence-electron chi connectivity index (χ1n) is 9.05. The summed E-state index contributed by atoms with van der Waals surface area (Å²) in [6.45, 7) is 0.216. The average molecular weight is 464 g/mol. The second kappa shape index (κ2) is 9.94. The smallest absolute Gasteiger partial charge is 0.251 e. The standard InChI is InChI=1S/C22H17Cl3N2O3/c23-16-7-6-14(18(25)12-16)10-11-26-22(30)20(21(29)15-4-2-1-3-5-15)27-13-17(24)8-9-19(27)28/h1-9,12-13,20H,10-11H2,(H,26,30)/t20-/m1/s1. The molecule has 1 N–H and O–H groups in total. The van der Waals surface area contributed by atoms with Crippen molar-refractivity contribution in [3.63, 3.8) is 0 Å². The molecule has 3 rings (SSSR count). The largest absolute Gasteiger partial charge is 0.354 e. The summed E-state index contributed by atoms with van der Waals surface area (Å²) in [7, 11) is 0. The number of hydrogen-bond donors (Lipinski definition) is 1. The number of halogens is 3. The van der Waals surface area contributed by atoms with Crippen molar-refractivity contribution in [2.75, 3.05) is 6.54 Å². The number of Topliss-reactive ketones (excluding diaryl/α,β-unsaturated/α-hetero) is 1. The lowest BCUT2D eigenvalue weighted by Crippen LogP contribution is -2.41. The highest BCUT2D eigenvalue weighted by Gasteiger charge is 2.30. The highest BCUT2D eigenvalue weighted by Crippen LogP contribution is 2.21. The van der Waals surface area contributed by atoms with Crippen molar-refractivity contribution in [1.29, 1.82) is 0 Å². The summed E-state index contributed by atoms with van der Waals surface area (Å²) in [6.07, 6.45) is 1.71. The van der Waals surface area contributed by atoms with Crippen molar-refractivity contribution in [1.82, 2.24) is 9.88 Å². The zero-order valence-electron chi connectivity index (χ0n) is 15.6. The number of hydrogen-bond acceptors (Lipinski definition) is 3. The minimum absolute atomic E-state index is 0.216. The molecular formula is C22H17Cl3N2O3. The van der Waals surface area contributed by atoms with Gasteiger partial charge >= 0.3 is 0 Å². The molecule has 0 saturated carbocycles. The van der Waals surface area contributed by atoms with Gasteiger partial charge in [0.15, 0.2) is 11.8 Å². The number of nitrogens with one attached hydrogen (secondary N) is 1. The third-order valence-electron chi connectivity index (χ3n) is 4.44. The Morgan fingerprint density at radius 2 is 1.63 bits per heavy atom. The first kappa shape index (κ1) is 22.1. The van der Waals surface area contributed by atoms with Gasteiger partial charge in [0.05, 0.1) is 5.02 Å². The highest BCUT2D eigenvalue weighted by molar-refractivity contribution is 6.35. The van der Waals surface area contributed by atoms with Gasteiger partial charge in [-0.25, -0.2) is 0 Å². The van der Waals surface area contributed by atoms with E-state index in [-0.39, 0.29) is 11.6 Å². The van der Waals surface area contributed by atoms with Crippen LogP contribution in [0.25, 0.3) is 0 Å². The van der Waals surface area contributed by atoms with Crippen LogP contribution in [0.2, 0.25) is 15.1 Å². The topological polar surface area (TPSA) is 68.2 Å². The number of rotatable bonds is 7. The highest BCUT2D eigenvalue weighted by atomic mass is 35.5. The Bertz CT molecular complexity index is 1130. The molecule has 1 atom stereocenters. The molecule has 1 aromatic heterocycles. The molecule has 0 saturated heterocycles. The molecule has 5 nitrogen and oxygen atoms in total. The van der Waals surface area contributed by atoms with Gasteiger partial charge < -0.3 is 5.32 Å². The minimum Gasteiger partial charge on any atom is -0.354 e. The molecule has 2 aromatic carbocycles. The average Bonchev–Trinajstić information content (AvgIpc) is 2.73. The van der Waals surface area contributed by atoms with Crippen LogP contribution in [0.15, 0.2) is 71.7 Å². The summed E-state index contributed by atoms with van der Waals surface area (Å²) < 4.78 is 1.04. The quantitative estimate of drug-likeness (QED) is 0.411. The van der Waals surface area contributed by atoms with Gasteiger partial charge in [0, 0.05) is 34.4 Å². The van der Waals surface area contributed by atoms with Crippen molar-refractivity contribution in [2.24, 2.45) is 0 Å². The number of benzene rings is 2. The van der Waals surface area contributed by atoms with E-state index in [2.05, 4.69) is 5.32 Å². The molecule has 8 heteroatoms. The molecule has 1 amide bonds. The molecule has 0 bridgehead atoms. The Balaban J connectivity index is 1.84. The Morgan fingerprint density at radius 1 is 0.933 bits per heavy atom. The van der Waals surface area contributed by atoms with E-state index in [1.165, 1.54) is 18.3 Å². The zero-order chi connectivity index (χ0) is 21.7. The minimum atomic E-state index is -1.39. The third kappa shape index (κ3) is 5.30. The fourth-order valence-electron chi connectivity index (χ4n) is 2.95. The fourth-order valence-corrected chi connectivity index (χ4v) is 3.62. The van der Waals surface area contributed by atoms with E-state index < -0.39 is 23.3 Å². The van der Waals surface area contributed by atoms with Crippen LogP contribution in [0, 0.1) is 0 Å². The van der Waals surface area contributed by atoms with Gasteiger partial charge in [-0.1, -0.05) is 71.2 Å². The fraction of sp³-hybridized carbons (Fsp3) is 0.136. The number of aromatic nitrogens is 1. The summed E-state index contributed by atoms with van der Waals surface area (Å²) in [4.78, 5) is 38.4. The monoisotopic (exact) mass is 462 g/mol. The second-order valence-electron chi connectivity index (χ2n) is 6.50. The molecule has 0 fully saturated rings. The first-order chi connectivity index (χ1) is 14.4. The van der Waals surface area contributed by atoms with Crippen LogP contribution >= 0.6 is 34.8 Å². The van der Waals surface area contributed by atoms with Crippen molar-refractivity contribution in [3.8, 4) is 0 Å². The van der Waals surface area contributed by atoms with Crippen LogP contribution < -0.4 is 10.9 Å². The van der Waals surface area contributed by atoms with Crippen LogP contribution in [0.1, 0.15) is 22.0 Å². The van der Waals surface area contributed by atoms with Crippen LogP contribution in [-0.2, 0) is 11.2 Å². The van der Waals surface area contributed by atoms with Crippen LogP contribution in [0.4, 0.5) is 0 Å². The maximum Gasteiger partial charge on any atom is 0.251 e. The molecule has 0 aliphatic heterocycles. The molecule has 0 radical (unpaired) electrons. The first-order valence-corrected chi connectivity index (χ1v) is 10.2. The number of nitrogens with zero attached hydrogens (tertiary/aromatic N) is 1. The maximum absolute atomic E-state index is 13.1. The molecule has 3 aromatic rings. The summed E-state index contributed by atoms with van der Waals surface area (Å²) >= 11 is 18.1. The SMILES string of the molecule is O=C(NCCc1ccc(Cl)cc1Cl)[C@@H](C(=O)c1ccccc1)n1cc(Cl)ccc1=O. The molecule has 0 aliphatic rings. The Hall–Kier alpha value is -2.60. The van der Waals surface area contributed by atoms with Crippen molar-refractivity contribution < 1.29 is 9.59 Å². The molecule has 0 spiro atoms. The number of ketones is 1. The summed E-state index contributed by atoms with van der Waals surface area (Å²) in [5.41, 5.74) is 0.599. The lowest BCUT2D eigenvalue weighted by molar-refractivity contribution is -0.123. The molecule has 30 heavy (non-hydrogen) atoms. The maximum atomic E-state index is 13.1. The molecule has 0 aliphatic carbocycles. The number of pyridine rings is 1. The summed E-state index contributed by atoms with van der Waals surface area (Å²) in [5.74, 6) is -1.12. The van der Waals surface area contributed by atoms with Crippen LogP contribution in [0.3, 0.4) is 0 Å². The van der Waals surface area contributed by atoms with E-state index in [1.807, 2.05) is 0 Å². The van der Waals surface area contributed by atoms with Gasteiger partial charge in [-0.2, -0.15) is 0 Å². The third-order valence-corrected chi connectivity index (χ3v) is 5.25. The van der Waals surface area contributed by atoms with Gasteiger partial charge in [-0.15, -0.1) is 0 Å². The van der Waals surface area contributed by atoms with Crippen molar-refractivity contribution in [2.45, 2.75) is 12.5 Å².